The Morgan fingerprint density at radius 2 is 2.09 bits per heavy atom. The Kier molecular flexibility index (Phi) is 5.05. The van der Waals surface area contributed by atoms with E-state index in [2.05, 4.69) is 32.6 Å². The van der Waals surface area contributed by atoms with E-state index in [9.17, 15) is 0 Å². The van der Waals surface area contributed by atoms with Gasteiger partial charge in [-0.25, -0.2) is 4.68 Å². The fraction of sp³-hybridized carbons (Fsp3) is 0.0588. The first-order valence-electron chi connectivity index (χ1n) is 6.93. The molecule has 0 amide bonds. The largest absolute Gasteiger partial charge is 0.463 e. The minimum absolute atomic E-state index is 0.548. The first-order valence-corrected chi connectivity index (χ1v) is 8.61. The van der Waals surface area contributed by atoms with Gasteiger partial charge < -0.3 is 4.42 Å². The molecule has 0 atom stereocenters. The molecule has 0 unspecified atom stereocenters. The van der Waals surface area contributed by atoms with Crippen LogP contribution in [0.1, 0.15) is 5.56 Å². The lowest BCUT2D eigenvalue weighted by Gasteiger charge is -2.00. The standard InChI is InChI=1S/C17H14BrN3OS/c1-2-9-19-17-21(15(12-23-17)16-4-3-10-22-16)20-11-13-5-7-14(18)8-6-13/h2-8,10-12H,1,9H2. The van der Waals surface area contributed by atoms with Crippen molar-refractivity contribution in [1.82, 2.24) is 4.68 Å². The Morgan fingerprint density at radius 3 is 2.78 bits per heavy atom. The molecule has 116 valence electrons. The highest BCUT2D eigenvalue weighted by atomic mass is 79.9. The summed E-state index contributed by atoms with van der Waals surface area (Å²) in [6.45, 7) is 4.25. The lowest BCUT2D eigenvalue weighted by Crippen LogP contribution is -2.12. The van der Waals surface area contributed by atoms with E-state index < -0.39 is 0 Å². The lowest BCUT2D eigenvalue weighted by atomic mass is 10.2. The molecular formula is C17H14BrN3OS. The van der Waals surface area contributed by atoms with Crippen LogP contribution in [0.5, 0.6) is 0 Å². The molecule has 23 heavy (non-hydrogen) atoms. The predicted molar refractivity (Wildman–Crippen MR) is 97.8 cm³/mol. The van der Waals surface area contributed by atoms with Crippen molar-refractivity contribution in [3.05, 3.63) is 75.5 Å². The maximum atomic E-state index is 5.49. The molecule has 0 saturated heterocycles. The third-order valence-corrected chi connectivity index (χ3v) is 4.39. The Labute approximate surface area is 146 Å². The van der Waals surface area contributed by atoms with Crippen molar-refractivity contribution < 1.29 is 4.42 Å². The number of nitrogens with zero attached hydrogens (tertiary/aromatic N) is 3. The molecule has 0 aliphatic rings. The third-order valence-electron chi connectivity index (χ3n) is 3.01. The van der Waals surface area contributed by atoms with Crippen molar-refractivity contribution >= 4 is 33.5 Å². The van der Waals surface area contributed by atoms with Crippen molar-refractivity contribution in [2.24, 2.45) is 10.1 Å². The van der Waals surface area contributed by atoms with Gasteiger partial charge >= 0.3 is 0 Å². The van der Waals surface area contributed by atoms with E-state index in [1.54, 1.807) is 23.2 Å². The zero-order valence-corrected chi connectivity index (χ0v) is 14.6. The van der Waals surface area contributed by atoms with E-state index >= 15 is 0 Å². The third kappa shape index (κ3) is 3.78. The zero-order valence-electron chi connectivity index (χ0n) is 12.2. The summed E-state index contributed by atoms with van der Waals surface area (Å²) in [4.78, 5) is 5.28. The van der Waals surface area contributed by atoms with E-state index in [1.807, 2.05) is 41.8 Å². The molecular weight excluding hydrogens is 374 g/mol. The minimum atomic E-state index is 0.548. The number of aromatic nitrogens is 1. The molecule has 3 rings (SSSR count). The fourth-order valence-corrected chi connectivity index (χ4v) is 3.02. The quantitative estimate of drug-likeness (QED) is 0.467. The van der Waals surface area contributed by atoms with Gasteiger partial charge in [-0.3, -0.25) is 4.99 Å². The molecule has 6 heteroatoms. The average Bonchev–Trinajstić information content (AvgIpc) is 3.21. The van der Waals surface area contributed by atoms with Crippen LogP contribution >= 0.6 is 27.3 Å². The summed E-state index contributed by atoms with van der Waals surface area (Å²) in [5, 5.41) is 6.56. The topological polar surface area (TPSA) is 42.8 Å². The zero-order chi connectivity index (χ0) is 16.1. The van der Waals surface area contributed by atoms with E-state index in [1.165, 1.54) is 11.3 Å². The first kappa shape index (κ1) is 15.7. The molecule has 0 spiro atoms. The molecule has 0 radical (unpaired) electrons. The number of thiazole rings is 1. The highest BCUT2D eigenvalue weighted by molar-refractivity contribution is 9.10. The van der Waals surface area contributed by atoms with Crippen molar-refractivity contribution in [3.63, 3.8) is 0 Å². The number of halogens is 1. The number of rotatable bonds is 5. The maximum Gasteiger partial charge on any atom is 0.206 e. The Hall–Kier alpha value is -2.18. The summed E-state index contributed by atoms with van der Waals surface area (Å²) in [6, 6.07) is 11.7. The van der Waals surface area contributed by atoms with Crippen LogP contribution in [-0.2, 0) is 0 Å². The normalized spacial score (nSPS) is 12.1. The molecule has 0 aliphatic carbocycles. The van der Waals surface area contributed by atoms with E-state index in [4.69, 9.17) is 4.42 Å². The molecule has 0 bridgehead atoms. The second kappa shape index (κ2) is 7.39. The highest BCUT2D eigenvalue weighted by Gasteiger charge is 2.09. The summed E-state index contributed by atoms with van der Waals surface area (Å²) < 4.78 is 8.31. The summed E-state index contributed by atoms with van der Waals surface area (Å²) >= 11 is 4.95. The van der Waals surface area contributed by atoms with E-state index in [0.29, 0.717) is 6.54 Å². The molecule has 2 aromatic heterocycles. The van der Waals surface area contributed by atoms with Crippen LogP contribution in [0.3, 0.4) is 0 Å². The molecule has 3 aromatic rings. The Balaban J connectivity index is 2.03. The van der Waals surface area contributed by atoms with Crippen LogP contribution in [0.15, 0.2) is 79.7 Å². The van der Waals surface area contributed by atoms with Gasteiger partial charge in [-0.1, -0.05) is 34.1 Å². The van der Waals surface area contributed by atoms with Crippen molar-refractivity contribution in [2.45, 2.75) is 0 Å². The van der Waals surface area contributed by atoms with Crippen LogP contribution < -0.4 is 4.80 Å². The van der Waals surface area contributed by atoms with E-state index in [0.717, 1.165) is 26.3 Å². The molecule has 2 heterocycles. The van der Waals surface area contributed by atoms with Gasteiger partial charge in [-0.15, -0.1) is 17.9 Å². The summed E-state index contributed by atoms with van der Waals surface area (Å²) in [5.41, 5.74) is 1.88. The number of hydrogen-bond donors (Lipinski definition) is 0. The molecule has 0 fully saturated rings. The van der Waals surface area contributed by atoms with Gasteiger partial charge in [0.25, 0.3) is 0 Å². The van der Waals surface area contributed by atoms with E-state index in [-0.39, 0.29) is 0 Å². The van der Waals surface area contributed by atoms with Crippen LogP contribution in [0, 0.1) is 0 Å². The van der Waals surface area contributed by atoms with Crippen LogP contribution in [0.2, 0.25) is 0 Å². The monoisotopic (exact) mass is 387 g/mol. The molecule has 1 aromatic carbocycles. The van der Waals surface area contributed by atoms with Crippen molar-refractivity contribution in [1.29, 1.82) is 0 Å². The summed E-state index contributed by atoms with van der Waals surface area (Å²) in [6.07, 6.45) is 5.21. The molecule has 0 saturated carbocycles. The minimum Gasteiger partial charge on any atom is -0.463 e. The van der Waals surface area contributed by atoms with Crippen LogP contribution in [0.4, 0.5) is 0 Å². The highest BCUT2D eigenvalue weighted by Crippen LogP contribution is 2.20. The van der Waals surface area contributed by atoms with Gasteiger partial charge in [0.2, 0.25) is 4.80 Å². The maximum absolute atomic E-state index is 5.49. The smallest absolute Gasteiger partial charge is 0.206 e. The average molecular weight is 388 g/mol. The second-order valence-electron chi connectivity index (χ2n) is 4.62. The van der Waals surface area contributed by atoms with Crippen LogP contribution in [-0.4, -0.2) is 17.4 Å². The van der Waals surface area contributed by atoms with Gasteiger partial charge in [-0.05, 0) is 29.8 Å². The number of furan rings is 1. The van der Waals surface area contributed by atoms with Crippen molar-refractivity contribution in [2.75, 3.05) is 6.54 Å². The molecule has 0 N–H and O–H groups in total. The molecule has 4 nitrogen and oxygen atoms in total. The summed E-state index contributed by atoms with van der Waals surface area (Å²) in [7, 11) is 0. The Bertz CT molecular complexity index is 873. The second-order valence-corrected chi connectivity index (χ2v) is 6.37. The Morgan fingerprint density at radius 1 is 1.26 bits per heavy atom. The van der Waals surface area contributed by atoms with Gasteiger partial charge in [0.1, 0.15) is 5.69 Å². The van der Waals surface area contributed by atoms with Gasteiger partial charge in [0.15, 0.2) is 5.76 Å². The first-order chi connectivity index (χ1) is 11.3. The van der Waals surface area contributed by atoms with Gasteiger partial charge in [-0.2, -0.15) is 5.10 Å². The predicted octanol–water partition coefficient (Wildman–Crippen LogP) is 4.54. The SMILES string of the molecule is C=CCN=c1scc(-c2ccco2)n1N=Cc1ccc(Br)cc1. The number of benzene rings is 1. The lowest BCUT2D eigenvalue weighted by molar-refractivity contribution is 0.575. The van der Waals surface area contributed by atoms with Crippen molar-refractivity contribution in [3.8, 4) is 11.5 Å². The number of hydrogen-bond acceptors (Lipinski definition) is 4. The molecule has 0 aliphatic heterocycles. The fourth-order valence-electron chi connectivity index (χ4n) is 1.93. The summed E-state index contributed by atoms with van der Waals surface area (Å²) in [5.74, 6) is 0.759. The van der Waals surface area contributed by atoms with Gasteiger partial charge in [0, 0.05) is 9.85 Å². The van der Waals surface area contributed by atoms with Crippen LogP contribution in [0.25, 0.3) is 11.5 Å². The van der Waals surface area contributed by atoms with Gasteiger partial charge in [0.05, 0.1) is 19.0 Å².